The van der Waals surface area contributed by atoms with Gasteiger partial charge < -0.3 is 10.0 Å². The molecule has 1 rings (SSSR count). The molecule has 1 heterocycles. The highest BCUT2D eigenvalue weighted by Gasteiger charge is 2.33. The summed E-state index contributed by atoms with van der Waals surface area (Å²) >= 11 is 0. The monoisotopic (exact) mass is 264 g/mol. The van der Waals surface area contributed by atoms with E-state index in [2.05, 4.69) is 4.72 Å². The number of hydrogen-bond acceptors (Lipinski definition) is 4. The van der Waals surface area contributed by atoms with Crippen molar-refractivity contribution in [2.75, 3.05) is 25.4 Å². The number of likely N-dealkylation sites (tertiary alicyclic amines) is 1. The number of aliphatic hydroxyl groups excluding tert-OH is 1. The number of nitrogens with zero attached hydrogens (tertiary/aromatic N) is 1. The van der Waals surface area contributed by atoms with Gasteiger partial charge in [0.25, 0.3) is 0 Å². The third-order valence-corrected chi connectivity index (χ3v) is 4.39. The van der Waals surface area contributed by atoms with Crippen LogP contribution in [0.25, 0.3) is 0 Å². The molecule has 1 fully saturated rings. The second-order valence-corrected chi connectivity index (χ2v) is 6.32. The Balaban J connectivity index is 2.43. The Morgan fingerprint density at radius 2 is 2.12 bits per heavy atom. The molecule has 0 aromatic carbocycles. The van der Waals surface area contributed by atoms with Crippen LogP contribution in [-0.4, -0.2) is 55.8 Å². The minimum Gasteiger partial charge on any atom is -0.396 e. The lowest BCUT2D eigenvalue weighted by Gasteiger charge is -2.39. The average molecular weight is 264 g/mol. The molecule has 1 aliphatic heterocycles. The number of aliphatic hydroxyl groups is 1. The van der Waals surface area contributed by atoms with Crippen LogP contribution in [-0.2, 0) is 14.8 Å². The third-order valence-electron chi connectivity index (χ3n) is 2.73. The van der Waals surface area contributed by atoms with Crippen LogP contribution in [0, 0.1) is 5.92 Å². The number of nitrogens with one attached hydrogen (secondary N) is 1. The van der Waals surface area contributed by atoms with Crippen molar-refractivity contribution < 1.29 is 18.3 Å². The van der Waals surface area contributed by atoms with Gasteiger partial charge in [-0.15, -0.1) is 0 Å². The summed E-state index contributed by atoms with van der Waals surface area (Å²) in [5.41, 5.74) is 0. The van der Waals surface area contributed by atoms with Gasteiger partial charge in [-0.25, -0.2) is 13.1 Å². The summed E-state index contributed by atoms with van der Waals surface area (Å²) in [6.45, 7) is 4.40. The third kappa shape index (κ3) is 3.93. The molecule has 1 saturated heterocycles. The topological polar surface area (TPSA) is 86.7 Å². The second kappa shape index (κ2) is 5.79. The quantitative estimate of drug-likeness (QED) is 0.654. The van der Waals surface area contributed by atoms with Crippen LogP contribution in [0.5, 0.6) is 0 Å². The maximum Gasteiger partial charge on any atom is 0.240 e. The van der Waals surface area contributed by atoms with E-state index in [1.807, 2.05) is 0 Å². The van der Waals surface area contributed by atoms with E-state index in [1.54, 1.807) is 18.7 Å². The molecular formula is C10H20N2O4S. The highest BCUT2D eigenvalue weighted by molar-refractivity contribution is 7.89. The van der Waals surface area contributed by atoms with Crippen LogP contribution < -0.4 is 4.72 Å². The largest absolute Gasteiger partial charge is 0.396 e. The Morgan fingerprint density at radius 1 is 1.53 bits per heavy atom. The molecule has 1 amide bonds. The van der Waals surface area contributed by atoms with Gasteiger partial charge in [0.05, 0.1) is 11.8 Å². The molecule has 1 aliphatic rings. The smallest absolute Gasteiger partial charge is 0.240 e. The van der Waals surface area contributed by atoms with Gasteiger partial charge in [-0.05, 0) is 13.3 Å². The molecule has 1 unspecified atom stereocenters. The molecule has 0 spiro atoms. The van der Waals surface area contributed by atoms with E-state index in [0.717, 1.165) is 0 Å². The van der Waals surface area contributed by atoms with Crippen molar-refractivity contribution in [1.29, 1.82) is 0 Å². The van der Waals surface area contributed by atoms with Crippen molar-refractivity contribution >= 4 is 15.9 Å². The molecule has 0 aromatic heterocycles. The van der Waals surface area contributed by atoms with Crippen LogP contribution in [0.3, 0.4) is 0 Å². The summed E-state index contributed by atoms with van der Waals surface area (Å²) in [5, 5.41) is 8.83. The molecule has 100 valence electrons. The van der Waals surface area contributed by atoms with Crippen molar-refractivity contribution in [3.63, 3.8) is 0 Å². The maximum absolute atomic E-state index is 11.8. The molecule has 0 saturated carbocycles. The summed E-state index contributed by atoms with van der Waals surface area (Å²) < 4.78 is 25.3. The first kappa shape index (κ1) is 14.4. The Morgan fingerprint density at radius 3 is 2.59 bits per heavy atom. The molecular weight excluding hydrogens is 244 g/mol. The molecule has 0 aliphatic carbocycles. The Bertz CT molecular complexity index is 363. The summed E-state index contributed by atoms with van der Waals surface area (Å²) in [6.07, 6.45) is 0.520. The Labute approximate surface area is 102 Å². The van der Waals surface area contributed by atoms with E-state index < -0.39 is 16.1 Å². The minimum atomic E-state index is -3.36. The summed E-state index contributed by atoms with van der Waals surface area (Å²) in [6, 6.07) is -0.730. The van der Waals surface area contributed by atoms with Gasteiger partial charge in [0.2, 0.25) is 15.9 Å². The molecule has 0 aromatic rings. The van der Waals surface area contributed by atoms with Gasteiger partial charge in [0, 0.05) is 25.6 Å². The highest BCUT2D eigenvalue weighted by Crippen LogP contribution is 2.15. The zero-order valence-electron chi connectivity index (χ0n) is 10.2. The number of rotatable bonds is 6. The van der Waals surface area contributed by atoms with Crippen LogP contribution in [0.15, 0.2) is 0 Å². The van der Waals surface area contributed by atoms with Crippen molar-refractivity contribution in [1.82, 2.24) is 9.62 Å². The normalized spacial score (nSPS) is 18.9. The predicted molar refractivity (Wildman–Crippen MR) is 63.8 cm³/mol. The van der Waals surface area contributed by atoms with Crippen molar-refractivity contribution in [2.45, 2.75) is 26.3 Å². The fourth-order valence-electron chi connectivity index (χ4n) is 1.79. The van der Waals surface area contributed by atoms with Gasteiger partial charge in [-0.2, -0.15) is 0 Å². The lowest BCUT2D eigenvalue weighted by molar-refractivity contribution is -0.139. The van der Waals surface area contributed by atoms with Gasteiger partial charge in [0.1, 0.15) is 0 Å². The van der Waals surface area contributed by atoms with Gasteiger partial charge in [-0.1, -0.05) is 6.92 Å². The first-order valence-electron chi connectivity index (χ1n) is 5.79. The first-order valence-corrected chi connectivity index (χ1v) is 7.44. The number of hydrogen-bond donors (Lipinski definition) is 2. The minimum absolute atomic E-state index is 0.0316. The van der Waals surface area contributed by atoms with Gasteiger partial charge in [0.15, 0.2) is 0 Å². The van der Waals surface area contributed by atoms with E-state index in [9.17, 15) is 13.2 Å². The molecule has 2 N–H and O–H groups in total. The number of carbonyl (C=O) groups is 1. The number of sulfonamides is 1. The summed E-state index contributed by atoms with van der Waals surface area (Å²) in [7, 11) is -3.36. The fourth-order valence-corrected chi connectivity index (χ4v) is 3.08. The lowest BCUT2D eigenvalue weighted by Crippen LogP contribution is -2.57. The highest BCUT2D eigenvalue weighted by atomic mass is 32.2. The first-order chi connectivity index (χ1) is 7.89. The summed E-state index contributed by atoms with van der Waals surface area (Å²) in [5.74, 6) is -0.0584. The lowest BCUT2D eigenvalue weighted by atomic mass is 10.0. The van der Waals surface area contributed by atoms with E-state index in [0.29, 0.717) is 19.5 Å². The van der Waals surface area contributed by atoms with Crippen LogP contribution in [0.1, 0.15) is 20.3 Å². The Hall–Kier alpha value is -0.660. The van der Waals surface area contributed by atoms with Crippen molar-refractivity contribution in [3.05, 3.63) is 0 Å². The number of amides is 1. The fraction of sp³-hybridized carbons (Fsp3) is 0.900. The molecule has 0 bridgehead atoms. The van der Waals surface area contributed by atoms with Crippen LogP contribution in [0.2, 0.25) is 0 Å². The predicted octanol–water partition coefficient (Wildman–Crippen LogP) is -0.845. The zero-order chi connectivity index (χ0) is 13.1. The van der Waals surface area contributed by atoms with E-state index in [-0.39, 0.29) is 24.2 Å². The second-order valence-electron chi connectivity index (χ2n) is 4.45. The number of carbonyl (C=O) groups excluding carboxylic acids is 1. The van der Waals surface area contributed by atoms with Gasteiger partial charge >= 0.3 is 0 Å². The van der Waals surface area contributed by atoms with E-state index >= 15 is 0 Å². The molecule has 0 radical (unpaired) electrons. The molecule has 7 heteroatoms. The van der Waals surface area contributed by atoms with E-state index in [1.165, 1.54) is 0 Å². The summed E-state index contributed by atoms with van der Waals surface area (Å²) in [4.78, 5) is 13.3. The van der Waals surface area contributed by atoms with Crippen molar-refractivity contribution in [3.8, 4) is 0 Å². The molecule has 1 atom stereocenters. The van der Waals surface area contributed by atoms with Crippen molar-refractivity contribution in [2.24, 2.45) is 5.92 Å². The molecule has 17 heavy (non-hydrogen) atoms. The SMILES string of the molecule is CCCS(=O)(=O)NC(C)C(=O)N1CC(CO)C1. The van der Waals surface area contributed by atoms with E-state index in [4.69, 9.17) is 5.11 Å². The zero-order valence-corrected chi connectivity index (χ0v) is 11.0. The maximum atomic E-state index is 11.8. The Kier molecular flexibility index (Phi) is 4.91. The average Bonchev–Trinajstić information content (AvgIpc) is 2.14. The standard InChI is InChI=1S/C10H20N2O4S/c1-3-4-17(15,16)11-8(2)10(14)12-5-9(6-12)7-13/h8-9,11,13H,3-7H2,1-2H3. The molecule has 6 nitrogen and oxygen atoms in total. The van der Waals surface area contributed by atoms with Crippen LogP contribution >= 0.6 is 0 Å². The van der Waals surface area contributed by atoms with Crippen LogP contribution in [0.4, 0.5) is 0 Å². The van der Waals surface area contributed by atoms with Gasteiger partial charge in [-0.3, -0.25) is 4.79 Å².